The Balaban J connectivity index is 1.34. The molecular formula is C20H24N6. The van der Waals surface area contributed by atoms with Gasteiger partial charge < -0.3 is 10.2 Å². The van der Waals surface area contributed by atoms with E-state index in [4.69, 9.17) is 0 Å². The van der Waals surface area contributed by atoms with Crippen LogP contribution in [0.2, 0.25) is 0 Å². The summed E-state index contributed by atoms with van der Waals surface area (Å²) in [5, 5.41) is 16.6. The first-order valence-corrected chi connectivity index (χ1v) is 9.15. The molecule has 2 aromatic heterocycles. The molecule has 1 aliphatic heterocycles. The van der Waals surface area contributed by atoms with Gasteiger partial charge in [0.25, 0.3) is 0 Å². The average Bonchev–Trinajstić information content (AvgIpc) is 3.17. The molecule has 134 valence electrons. The van der Waals surface area contributed by atoms with Gasteiger partial charge in [0.2, 0.25) is 0 Å². The Morgan fingerprint density at radius 1 is 1.12 bits per heavy atom. The van der Waals surface area contributed by atoms with Gasteiger partial charge >= 0.3 is 0 Å². The molecule has 1 aromatic carbocycles. The van der Waals surface area contributed by atoms with Gasteiger partial charge in [-0.3, -0.25) is 0 Å². The Labute approximate surface area is 153 Å². The lowest BCUT2D eigenvalue weighted by Gasteiger charge is -2.33. The molecule has 26 heavy (non-hydrogen) atoms. The van der Waals surface area contributed by atoms with Crippen LogP contribution >= 0.6 is 0 Å². The molecule has 0 amide bonds. The molecule has 6 nitrogen and oxygen atoms in total. The summed E-state index contributed by atoms with van der Waals surface area (Å²) >= 11 is 0. The first kappa shape index (κ1) is 16.7. The topological polar surface area (TPSA) is 58.9 Å². The normalized spacial score (nSPS) is 17.4. The zero-order valence-corrected chi connectivity index (χ0v) is 15.0. The van der Waals surface area contributed by atoms with Crippen molar-refractivity contribution in [3.05, 3.63) is 66.1 Å². The monoisotopic (exact) mass is 348 g/mol. The molecule has 3 aromatic rings. The number of nitrogens with zero attached hydrogens (tertiary/aromatic N) is 5. The van der Waals surface area contributed by atoms with Gasteiger partial charge in [0.1, 0.15) is 0 Å². The molecule has 0 unspecified atom stereocenters. The van der Waals surface area contributed by atoms with Crippen molar-refractivity contribution < 1.29 is 0 Å². The summed E-state index contributed by atoms with van der Waals surface area (Å²) in [6, 6.07) is 14.7. The Bertz CT molecular complexity index is 827. The molecule has 0 saturated carbocycles. The number of rotatable bonds is 5. The molecule has 0 aliphatic carbocycles. The summed E-state index contributed by atoms with van der Waals surface area (Å²) in [5.74, 6) is 0.971. The molecule has 6 heteroatoms. The molecule has 1 atom stereocenters. The van der Waals surface area contributed by atoms with Crippen LogP contribution in [0.4, 0.5) is 5.82 Å². The molecule has 1 saturated heterocycles. The fraction of sp³-hybridized carbons (Fsp3) is 0.350. The summed E-state index contributed by atoms with van der Waals surface area (Å²) < 4.78 is 1.92. The Hall–Kier alpha value is -2.73. The maximum atomic E-state index is 4.47. The molecule has 1 N–H and O–H groups in total. The largest absolute Gasteiger partial charge is 0.354 e. The second-order valence-corrected chi connectivity index (χ2v) is 6.83. The van der Waals surface area contributed by atoms with E-state index in [1.807, 2.05) is 42.1 Å². The number of nitrogens with one attached hydrogen (secondary N) is 1. The highest BCUT2D eigenvalue weighted by Crippen LogP contribution is 2.17. The lowest BCUT2D eigenvalue weighted by molar-refractivity contribution is 0.419. The van der Waals surface area contributed by atoms with E-state index >= 15 is 0 Å². The zero-order valence-electron chi connectivity index (χ0n) is 15.0. The molecule has 1 aliphatic rings. The van der Waals surface area contributed by atoms with Crippen molar-refractivity contribution in [2.45, 2.75) is 32.4 Å². The third-order valence-corrected chi connectivity index (χ3v) is 4.78. The van der Waals surface area contributed by atoms with Crippen molar-refractivity contribution in [1.29, 1.82) is 0 Å². The number of hydrogen-bond donors (Lipinski definition) is 1. The molecule has 0 spiro atoms. The second-order valence-electron chi connectivity index (χ2n) is 6.83. The maximum Gasteiger partial charge on any atom is 0.151 e. The van der Waals surface area contributed by atoms with Gasteiger partial charge in [-0.05, 0) is 44.0 Å². The van der Waals surface area contributed by atoms with Gasteiger partial charge in [0.15, 0.2) is 5.82 Å². The van der Waals surface area contributed by atoms with Gasteiger partial charge in [0, 0.05) is 37.4 Å². The molecular weight excluding hydrogens is 324 g/mol. The number of aromatic nitrogens is 4. The highest BCUT2D eigenvalue weighted by molar-refractivity contribution is 5.38. The van der Waals surface area contributed by atoms with Crippen molar-refractivity contribution in [2.24, 2.45) is 0 Å². The lowest BCUT2D eigenvalue weighted by atomic mass is 10.1. The third-order valence-electron chi connectivity index (χ3n) is 4.78. The lowest BCUT2D eigenvalue weighted by Crippen LogP contribution is -2.45. The van der Waals surface area contributed by atoms with Crippen molar-refractivity contribution in [1.82, 2.24) is 25.3 Å². The number of benzene rings is 1. The predicted octanol–water partition coefficient (Wildman–Crippen LogP) is 2.73. The van der Waals surface area contributed by atoms with Crippen molar-refractivity contribution in [2.75, 3.05) is 18.0 Å². The minimum Gasteiger partial charge on any atom is -0.354 e. The molecule has 0 bridgehead atoms. The average molecular weight is 348 g/mol. The minimum absolute atomic E-state index is 0.451. The number of para-hydroxylation sites is 1. The fourth-order valence-electron chi connectivity index (χ4n) is 3.35. The van der Waals surface area contributed by atoms with E-state index < -0.39 is 0 Å². The van der Waals surface area contributed by atoms with E-state index in [1.165, 1.54) is 12.0 Å². The molecule has 3 heterocycles. The highest BCUT2D eigenvalue weighted by atomic mass is 15.3. The summed E-state index contributed by atoms with van der Waals surface area (Å²) in [7, 11) is 0. The Morgan fingerprint density at radius 2 is 2.00 bits per heavy atom. The molecule has 1 fully saturated rings. The van der Waals surface area contributed by atoms with Gasteiger partial charge in [-0.25, -0.2) is 4.68 Å². The molecule has 0 radical (unpaired) electrons. The van der Waals surface area contributed by atoms with Crippen LogP contribution in [0.25, 0.3) is 5.69 Å². The SMILES string of the molecule is Cc1ccc(N2CCC[C@@H](NCc3cnn(-c4ccccc4)c3)C2)nn1. The quantitative estimate of drug-likeness (QED) is 0.768. The van der Waals surface area contributed by atoms with Crippen LogP contribution in [0.3, 0.4) is 0 Å². The predicted molar refractivity (Wildman–Crippen MR) is 102 cm³/mol. The van der Waals surface area contributed by atoms with Crippen LogP contribution in [-0.2, 0) is 6.54 Å². The first-order valence-electron chi connectivity index (χ1n) is 9.15. The second kappa shape index (κ2) is 7.66. The van der Waals surface area contributed by atoms with Crippen molar-refractivity contribution in [3.63, 3.8) is 0 Å². The van der Waals surface area contributed by atoms with E-state index in [2.05, 4.69) is 49.9 Å². The Morgan fingerprint density at radius 3 is 2.81 bits per heavy atom. The van der Waals surface area contributed by atoms with Gasteiger partial charge in [0.05, 0.1) is 17.6 Å². The minimum atomic E-state index is 0.451. The van der Waals surface area contributed by atoms with E-state index in [9.17, 15) is 0 Å². The van der Waals surface area contributed by atoms with Crippen LogP contribution in [0, 0.1) is 6.92 Å². The van der Waals surface area contributed by atoms with Crippen LogP contribution in [0.5, 0.6) is 0 Å². The van der Waals surface area contributed by atoms with Crippen LogP contribution in [0.1, 0.15) is 24.1 Å². The van der Waals surface area contributed by atoms with E-state index in [-0.39, 0.29) is 0 Å². The number of hydrogen-bond acceptors (Lipinski definition) is 5. The Kier molecular flexibility index (Phi) is 4.93. The fourth-order valence-corrected chi connectivity index (χ4v) is 3.35. The van der Waals surface area contributed by atoms with E-state index in [1.54, 1.807) is 0 Å². The van der Waals surface area contributed by atoms with Crippen molar-refractivity contribution in [3.8, 4) is 5.69 Å². The summed E-state index contributed by atoms with van der Waals surface area (Å²) in [6.45, 7) is 4.80. The number of anilines is 1. The summed E-state index contributed by atoms with van der Waals surface area (Å²) in [5.41, 5.74) is 3.23. The summed E-state index contributed by atoms with van der Waals surface area (Å²) in [6.07, 6.45) is 6.37. The first-order chi connectivity index (χ1) is 12.8. The van der Waals surface area contributed by atoms with E-state index in [0.29, 0.717) is 6.04 Å². The zero-order chi connectivity index (χ0) is 17.8. The van der Waals surface area contributed by atoms with Crippen LogP contribution in [-0.4, -0.2) is 39.1 Å². The van der Waals surface area contributed by atoms with Crippen molar-refractivity contribution >= 4 is 5.82 Å². The van der Waals surface area contributed by atoms with Gasteiger partial charge in [-0.2, -0.15) is 10.2 Å². The standard InChI is InChI=1S/C20H24N6/c1-16-9-10-20(24-23-16)25-11-5-6-18(15-25)21-12-17-13-22-26(14-17)19-7-3-2-4-8-19/h2-4,7-10,13-14,18,21H,5-6,11-12,15H2,1H3/t18-/m1/s1. The van der Waals surface area contributed by atoms with Gasteiger partial charge in [-0.1, -0.05) is 18.2 Å². The van der Waals surface area contributed by atoms with Crippen LogP contribution < -0.4 is 10.2 Å². The van der Waals surface area contributed by atoms with Crippen LogP contribution in [0.15, 0.2) is 54.9 Å². The van der Waals surface area contributed by atoms with Gasteiger partial charge in [-0.15, -0.1) is 5.10 Å². The maximum absolute atomic E-state index is 4.47. The van der Waals surface area contributed by atoms with E-state index in [0.717, 1.165) is 43.3 Å². The number of aryl methyl sites for hydroxylation is 1. The highest BCUT2D eigenvalue weighted by Gasteiger charge is 2.20. The molecule has 4 rings (SSSR count). The summed E-state index contributed by atoms with van der Waals surface area (Å²) in [4.78, 5) is 2.32. The number of piperidine rings is 1. The third kappa shape index (κ3) is 3.91. The smallest absolute Gasteiger partial charge is 0.151 e.